The van der Waals surface area contributed by atoms with Gasteiger partial charge in [-0.3, -0.25) is 14.3 Å². The summed E-state index contributed by atoms with van der Waals surface area (Å²) in [6.45, 7) is 8.35. The fourth-order valence-electron chi connectivity index (χ4n) is 4.66. The van der Waals surface area contributed by atoms with Crippen LogP contribution in [0.5, 0.6) is 0 Å². The molecule has 1 fully saturated rings. The summed E-state index contributed by atoms with van der Waals surface area (Å²) in [7, 11) is 0. The molecule has 32 heavy (non-hydrogen) atoms. The minimum Gasteiger partial charge on any atom is -0.351 e. The van der Waals surface area contributed by atoms with Gasteiger partial charge in [0.1, 0.15) is 17.1 Å². The molecule has 1 aromatic carbocycles. The van der Waals surface area contributed by atoms with E-state index in [9.17, 15) is 14.0 Å². The molecule has 4 rings (SSSR count). The van der Waals surface area contributed by atoms with E-state index in [-0.39, 0.29) is 42.2 Å². The van der Waals surface area contributed by atoms with Gasteiger partial charge in [0.2, 0.25) is 5.91 Å². The Bertz CT molecular complexity index is 1020. The van der Waals surface area contributed by atoms with Gasteiger partial charge < -0.3 is 10.2 Å². The summed E-state index contributed by atoms with van der Waals surface area (Å²) in [4.78, 5) is 28.8. The number of benzene rings is 1. The molecule has 7 heteroatoms. The van der Waals surface area contributed by atoms with Crippen molar-refractivity contribution >= 4 is 11.8 Å². The van der Waals surface area contributed by atoms with E-state index in [1.165, 1.54) is 18.6 Å². The van der Waals surface area contributed by atoms with Gasteiger partial charge in [-0.25, -0.2) is 4.39 Å². The lowest BCUT2D eigenvalue weighted by Gasteiger charge is -2.44. The molecule has 2 amide bonds. The van der Waals surface area contributed by atoms with Crippen molar-refractivity contribution in [3.05, 3.63) is 53.1 Å². The number of halogens is 1. The Morgan fingerprint density at radius 1 is 1.22 bits per heavy atom. The summed E-state index contributed by atoms with van der Waals surface area (Å²) in [6.07, 6.45) is 5.32. The largest absolute Gasteiger partial charge is 0.351 e. The Morgan fingerprint density at radius 3 is 2.59 bits per heavy atom. The molecule has 172 valence electrons. The van der Waals surface area contributed by atoms with Crippen LogP contribution in [0.3, 0.4) is 0 Å². The molecular formula is C25H33FN4O2. The number of carbonyl (C=O) groups excluding carboxylic acids is 2. The second-order valence-electron chi connectivity index (χ2n) is 10.4. The molecule has 2 aromatic rings. The topological polar surface area (TPSA) is 67.2 Å². The minimum absolute atomic E-state index is 0.128. The van der Waals surface area contributed by atoms with Crippen LogP contribution in [0.25, 0.3) is 0 Å². The van der Waals surface area contributed by atoms with Crippen molar-refractivity contribution < 1.29 is 14.0 Å². The third kappa shape index (κ3) is 4.30. The van der Waals surface area contributed by atoms with Gasteiger partial charge in [0.25, 0.3) is 5.91 Å². The first-order valence-corrected chi connectivity index (χ1v) is 11.5. The van der Waals surface area contributed by atoms with Crippen LogP contribution in [0.2, 0.25) is 0 Å². The average Bonchev–Trinajstić information content (AvgIpc) is 3.16. The van der Waals surface area contributed by atoms with Crippen LogP contribution in [-0.2, 0) is 23.3 Å². The van der Waals surface area contributed by atoms with Crippen molar-refractivity contribution in [1.82, 2.24) is 20.0 Å². The zero-order valence-electron chi connectivity index (χ0n) is 19.4. The lowest BCUT2D eigenvalue weighted by molar-refractivity contribution is -0.134. The smallest absolute Gasteiger partial charge is 0.273 e. The number of carbonyl (C=O) groups is 2. The number of nitrogens with zero attached hydrogens (tertiary/aromatic N) is 3. The van der Waals surface area contributed by atoms with Gasteiger partial charge in [0.05, 0.1) is 12.2 Å². The number of hydrogen-bond donors (Lipinski definition) is 1. The standard InChI is InChI=1S/C25H33FN4O2/c1-24(2,3)21-14-20-22(31)29(15-17-9-8-10-18(26)13-17)25(4,16-30(20)28-21)23(32)27-19-11-6-5-7-12-19/h8-10,13-14,19H,5-7,11-12,15-16H2,1-4H3,(H,27,32)/t25-/m1/s1. The Balaban J connectivity index is 1.71. The number of fused-ring (bicyclic) bond motifs is 1. The van der Waals surface area contributed by atoms with E-state index in [4.69, 9.17) is 0 Å². The van der Waals surface area contributed by atoms with Gasteiger partial charge in [0.15, 0.2) is 0 Å². The normalized spacial score (nSPS) is 22.0. The highest BCUT2D eigenvalue weighted by atomic mass is 19.1. The van der Waals surface area contributed by atoms with Gasteiger partial charge in [-0.1, -0.05) is 52.2 Å². The summed E-state index contributed by atoms with van der Waals surface area (Å²) in [5.74, 6) is -0.794. The van der Waals surface area contributed by atoms with Crippen LogP contribution in [0.4, 0.5) is 4.39 Å². The molecule has 1 atom stereocenters. The summed E-state index contributed by atoms with van der Waals surface area (Å²) >= 11 is 0. The van der Waals surface area contributed by atoms with Gasteiger partial charge in [-0.2, -0.15) is 5.10 Å². The Morgan fingerprint density at radius 2 is 1.94 bits per heavy atom. The zero-order valence-corrected chi connectivity index (χ0v) is 19.4. The predicted octanol–water partition coefficient (Wildman–Crippen LogP) is 4.18. The highest BCUT2D eigenvalue weighted by molar-refractivity contribution is 5.99. The predicted molar refractivity (Wildman–Crippen MR) is 121 cm³/mol. The molecule has 0 radical (unpaired) electrons. The maximum absolute atomic E-state index is 13.9. The average molecular weight is 441 g/mol. The monoisotopic (exact) mass is 440 g/mol. The molecule has 1 N–H and O–H groups in total. The molecule has 1 saturated carbocycles. The molecule has 6 nitrogen and oxygen atoms in total. The molecule has 0 unspecified atom stereocenters. The van der Waals surface area contributed by atoms with E-state index in [0.717, 1.165) is 31.4 Å². The summed E-state index contributed by atoms with van der Waals surface area (Å²) in [5.41, 5.74) is 0.574. The van der Waals surface area contributed by atoms with E-state index in [2.05, 4.69) is 10.4 Å². The van der Waals surface area contributed by atoms with Crippen LogP contribution in [0, 0.1) is 5.82 Å². The zero-order chi connectivity index (χ0) is 23.1. The molecule has 2 aliphatic rings. The van der Waals surface area contributed by atoms with Crippen molar-refractivity contribution in [1.29, 1.82) is 0 Å². The third-order valence-electron chi connectivity index (χ3n) is 6.73. The number of rotatable bonds is 4. The second-order valence-corrected chi connectivity index (χ2v) is 10.4. The highest BCUT2D eigenvalue weighted by Gasteiger charge is 2.48. The quantitative estimate of drug-likeness (QED) is 0.776. The van der Waals surface area contributed by atoms with Gasteiger partial charge in [-0.05, 0) is 43.5 Å². The molecule has 0 bridgehead atoms. The lowest BCUT2D eigenvalue weighted by Crippen LogP contribution is -2.64. The summed E-state index contributed by atoms with van der Waals surface area (Å²) in [5, 5.41) is 7.88. The van der Waals surface area contributed by atoms with Crippen molar-refractivity contribution in [3.8, 4) is 0 Å². The fraction of sp³-hybridized carbons (Fsp3) is 0.560. The first-order valence-electron chi connectivity index (χ1n) is 11.5. The highest BCUT2D eigenvalue weighted by Crippen LogP contribution is 2.32. The van der Waals surface area contributed by atoms with Gasteiger partial charge in [0, 0.05) is 18.0 Å². The van der Waals surface area contributed by atoms with Crippen LogP contribution in [-0.4, -0.2) is 38.1 Å². The second kappa shape index (κ2) is 8.34. The minimum atomic E-state index is -1.13. The Kier molecular flexibility index (Phi) is 5.86. The van der Waals surface area contributed by atoms with E-state index in [1.54, 1.807) is 28.6 Å². The van der Waals surface area contributed by atoms with Gasteiger partial charge >= 0.3 is 0 Å². The third-order valence-corrected chi connectivity index (χ3v) is 6.73. The van der Waals surface area contributed by atoms with Crippen LogP contribution >= 0.6 is 0 Å². The number of amides is 2. The Labute approximate surface area is 189 Å². The molecular weight excluding hydrogens is 407 g/mol. The Hall–Kier alpha value is -2.70. The van der Waals surface area contributed by atoms with Crippen molar-refractivity contribution in [3.63, 3.8) is 0 Å². The van der Waals surface area contributed by atoms with Crippen LogP contribution in [0.1, 0.15) is 81.5 Å². The van der Waals surface area contributed by atoms with E-state index in [1.807, 2.05) is 26.8 Å². The maximum Gasteiger partial charge on any atom is 0.273 e. The van der Waals surface area contributed by atoms with Crippen LogP contribution in [0.15, 0.2) is 30.3 Å². The SMILES string of the molecule is CC(C)(C)c1cc2n(n1)C[C@](C)(C(=O)NC1CCCCC1)N(Cc1cccc(F)c1)C2=O. The lowest BCUT2D eigenvalue weighted by atomic mass is 9.90. The summed E-state index contributed by atoms with van der Waals surface area (Å²) < 4.78 is 15.5. The van der Waals surface area contributed by atoms with Gasteiger partial charge in [-0.15, -0.1) is 0 Å². The molecule has 1 aliphatic heterocycles. The van der Waals surface area contributed by atoms with Crippen molar-refractivity contribution in [2.45, 2.75) is 89.9 Å². The number of aromatic nitrogens is 2. The molecule has 0 saturated heterocycles. The van der Waals surface area contributed by atoms with E-state index < -0.39 is 5.54 Å². The van der Waals surface area contributed by atoms with E-state index >= 15 is 0 Å². The van der Waals surface area contributed by atoms with Crippen molar-refractivity contribution in [2.75, 3.05) is 0 Å². The fourth-order valence-corrected chi connectivity index (χ4v) is 4.66. The molecule has 1 aliphatic carbocycles. The first-order chi connectivity index (χ1) is 15.1. The molecule has 2 heterocycles. The van der Waals surface area contributed by atoms with E-state index in [0.29, 0.717) is 11.3 Å². The molecule has 1 aromatic heterocycles. The molecule has 0 spiro atoms. The first kappa shape index (κ1) is 22.5. The van der Waals surface area contributed by atoms with Crippen LogP contribution < -0.4 is 5.32 Å². The number of hydrogen-bond acceptors (Lipinski definition) is 3. The maximum atomic E-state index is 13.9. The summed E-state index contributed by atoms with van der Waals surface area (Å²) in [6, 6.07) is 8.14. The van der Waals surface area contributed by atoms with Crippen molar-refractivity contribution in [2.24, 2.45) is 0 Å². The number of nitrogens with one attached hydrogen (secondary N) is 1.